The number of alkyl halides is 3. The normalized spacial score (nSPS) is 16.7. The minimum atomic E-state index is -4.49. The van der Waals surface area contributed by atoms with Crippen LogP contribution in [-0.2, 0) is 11.0 Å². The molecule has 1 aliphatic heterocycles. The number of aromatic nitrogens is 1. The number of piperidine rings is 1. The minimum absolute atomic E-state index is 0.0417. The number of anilines is 1. The number of nitrogens with zero attached hydrogens (tertiary/aromatic N) is 3. The number of rotatable bonds is 6. The first-order valence-corrected chi connectivity index (χ1v) is 10.00. The zero-order valence-electron chi connectivity index (χ0n) is 16.7. The van der Waals surface area contributed by atoms with Gasteiger partial charge < -0.3 is 14.6 Å². The van der Waals surface area contributed by atoms with Gasteiger partial charge in [0.05, 0.1) is 22.9 Å². The van der Waals surface area contributed by atoms with Gasteiger partial charge in [0, 0.05) is 31.7 Å². The summed E-state index contributed by atoms with van der Waals surface area (Å²) < 4.78 is 43.8. The smallest absolute Gasteiger partial charge is 0.417 e. The van der Waals surface area contributed by atoms with Crippen molar-refractivity contribution in [3.63, 3.8) is 0 Å². The average Bonchev–Trinajstić information content (AvgIpc) is 3.21. The quantitative estimate of drug-likeness (QED) is 0.730. The Morgan fingerprint density at radius 2 is 2.10 bits per heavy atom. The molecule has 1 atom stereocenters. The second-order valence-corrected chi connectivity index (χ2v) is 7.94. The first-order valence-electron chi connectivity index (χ1n) is 9.62. The van der Waals surface area contributed by atoms with Crippen molar-refractivity contribution in [1.29, 1.82) is 0 Å². The molecule has 0 aromatic carbocycles. The number of nitrogens with one attached hydrogen (secondary N) is 1. The molecular weight excluding hydrogens is 421 g/mol. The number of hydrogen-bond donors (Lipinski definition) is 1. The van der Waals surface area contributed by atoms with E-state index >= 15 is 0 Å². The van der Waals surface area contributed by atoms with Gasteiger partial charge in [0.15, 0.2) is 0 Å². The molecule has 0 aliphatic carbocycles. The van der Waals surface area contributed by atoms with Crippen molar-refractivity contribution in [2.45, 2.75) is 25.1 Å². The van der Waals surface area contributed by atoms with Crippen molar-refractivity contribution in [2.24, 2.45) is 5.92 Å². The SMILES string of the molecule is CN(C)C(CNC(=O)C1CCN(c2ncc(C(F)(F)F)cc2Cl)CC1)c1ccco1. The maximum absolute atomic E-state index is 12.8. The van der Waals surface area contributed by atoms with Gasteiger partial charge in [-0.25, -0.2) is 4.98 Å². The first kappa shape index (κ1) is 22.4. The molecule has 164 valence electrons. The predicted octanol–water partition coefficient (Wildman–Crippen LogP) is 3.98. The maximum Gasteiger partial charge on any atom is 0.417 e. The Bertz CT molecular complexity index is 850. The fourth-order valence-corrected chi connectivity index (χ4v) is 3.82. The molecule has 1 N–H and O–H groups in total. The highest BCUT2D eigenvalue weighted by Crippen LogP contribution is 2.34. The first-order chi connectivity index (χ1) is 14.2. The Hall–Kier alpha value is -2.26. The number of halogens is 4. The van der Waals surface area contributed by atoms with Gasteiger partial charge in [-0.1, -0.05) is 11.6 Å². The highest BCUT2D eigenvalue weighted by molar-refractivity contribution is 6.33. The summed E-state index contributed by atoms with van der Waals surface area (Å²) in [6, 6.07) is 4.50. The van der Waals surface area contributed by atoms with Crippen LogP contribution < -0.4 is 10.2 Å². The van der Waals surface area contributed by atoms with E-state index in [0.717, 1.165) is 18.0 Å². The van der Waals surface area contributed by atoms with Crippen LogP contribution in [-0.4, -0.2) is 49.5 Å². The van der Waals surface area contributed by atoms with Gasteiger partial charge in [-0.15, -0.1) is 0 Å². The number of carbonyl (C=O) groups excluding carboxylic acids is 1. The van der Waals surface area contributed by atoms with E-state index in [2.05, 4.69) is 10.3 Å². The van der Waals surface area contributed by atoms with Gasteiger partial charge >= 0.3 is 6.18 Å². The second-order valence-electron chi connectivity index (χ2n) is 7.53. The van der Waals surface area contributed by atoms with E-state index in [1.165, 1.54) is 0 Å². The van der Waals surface area contributed by atoms with E-state index in [1.54, 1.807) is 6.26 Å². The molecule has 1 aliphatic rings. The van der Waals surface area contributed by atoms with Crippen LogP contribution in [0.2, 0.25) is 5.02 Å². The lowest BCUT2D eigenvalue weighted by Gasteiger charge is -2.33. The van der Waals surface area contributed by atoms with E-state index in [0.29, 0.717) is 38.3 Å². The molecule has 10 heteroatoms. The van der Waals surface area contributed by atoms with E-state index in [9.17, 15) is 18.0 Å². The molecule has 0 saturated carbocycles. The molecule has 0 radical (unpaired) electrons. The molecule has 0 spiro atoms. The van der Waals surface area contributed by atoms with Crippen molar-refractivity contribution in [3.8, 4) is 0 Å². The van der Waals surface area contributed by atoms with Crippen LogP contribution in [0, 0.1) is 5.92 Å². The van der Waals surface area contributed by atoms with Crippen molar-refractivity contribution < 1.29 is 22.4 Å². The lowest BCUT2D eigenvalue weighted by molar-refractivity contribution is -0.137. The summed E-state index contributed by atoms with van der Waals surface area (Å²) in [5.74, 6) is 0.876. The summed E-state index contributed by atoms with van der Waals surface area (Å²) in [5.41, 5.74) is -0.877. The van der Waals surface area contributed by atoms with Crippen LogP contribution in [0.3, 0.4) is 0 Å². The molecule has 2 aromatic heterocycles. The number of pyridine rings is 1. The number of amides is 1. The van der Waals surface area contributed by atoms with Crippen LogP contribution in [0.1, 0.15) is 30.2 Å². The molecule has 1 saturated heterocycles. The second kappa shape index (κ2) is 9.26. The van der Waals surface area contributed by atoms with Gasteiger partial charge in [-0.05, 0) is 45.1 Å². The van der Waals surface area contributed by atoms with Crippen molar-refractivity contribution in [1.82, 2.24) is 15.2 Å². The summed E-state index contributed by atoms with van der Waals surface area (Å²) >= 11 is 6.03. The van der Waals surface area contributed by atoms with Crippen molar-refractivity contribution >= 4 is 23.3 Å². The van der Waals surface area contributed by atoms with E-state index in [1.807, 2.05) is 36.0 Å². The highest BCUT2D eigenvalue weighted by atomic mass is 35.5. The Balaban J connectivity index is 1.54. The Morgan fingerprint density at radius 3 is 2.63 bits per heavy atom. The predicted molar refractivity (Wildman–Crippen MR) is 107 cm³/mol. The monoisotopic (exact) mass is 444 g/mol. The van der Waals surface area contributed by atoms with Crippen molar-refractivity contribution in [3.05, 3.63) is 47.0 Å². The van der Waals surface area contributed by atoms with E-state index in [-0.39, 0.29) is 22.9 Å². The fourth-order valence-electron chi connectivity index (χ4n) is 3.53. The van der Waals surface area contributed by atoms with E-state index in [4.69, 9.17) is 16.0 Å². The number of likely N-dealkylation sites (N-methyl/N-ethyl adjacent to an activating group) is 1. The molecule has 1 unspecified atom stereocenters. The Labute approximate surface area is 178 Å². The average molecular weight is 445 g/mol. The van der Waals surface area contributed by atoms with Crippen LogP contribution in [0.15, 0.2) is 35.1 Å². The zero-order chi connectivity index (χ0) is 21.9. The van der Waals surface area contributed by atoms with Crippen LogP contribution >= 0.6 is 11.6 Å². The third kappa shape index (κ3) is 5.26. The molecular formula is C20H24ClF3N4O2. The summed E-state index contributed by atoms with van der Waals surface area (Å²) in [6.45, 7) is 1.41. The van der Waals surface area contributed by atoms with Gasteiger partial charge in [-0.2, -0.15) is 13.2 Å². The topological polar surface area (TPSA) is 61.6 Å². The van der Waals surface area contributed by atoms with Crippen LogP contribution in [0.25, 0.3) is 0 Å². The molecule has 6 nitrogen and oxygen atoms in total. The van der Waals surface area contributed by atoms with Crippen LogP contribution in [0.4, 0.5) is 19.0 Å². The number of hydrogen-bond acceptors (Lipinski definition) is 5. The largest absolute Gasteiger partial charge is 0.468 e. The van der Waals surface area contributed by atoms with Gasteiger partial charge in [0.25, 0.3) is 0 Å². The molecule has 0 bridgehead atoms. The van der Waals surface area contributed by atoms with Gasteiger partial charge in [0.2, 0.25) is 5.91 Å². The third-order valence-corrected chi connectivity index (χ3v) is 5.56. The fraction of sp³-hybridized carbons (Fsp3) is 0.500. The maximum atomic E-state index is 12.8. The van der Waals surface area contributed by atoms with Crippen molar-refractivity contribution in [2.75, 3.05) is 38.6 Å². The Kier molecular flexibility index (Phi) is 6.92. The molecule has 2 aromatic rings. The third-order valence-electron chi connectivity index (χ3n) is 5.28. The zero-order valence-corrected chi connectivity index (χ0v) is 17.5. The van der Waals surface area contributed by atoms with Gasteiger partial charge in [-0.3, -0.25) is 9.69 Å². The lowest BCUT2D eigenvalue weighted by Crippen LogP contribution is -2.43. The molecule has 3 heterocycles. The summed E-state index contributed by atoms with van der Waals surface area (Å²) in [7, 11) is 3.83. The standard InChI is InChI=1S/C20H24ClF3N4O2/c1-27(2)16(17-4-3-9-30-17)12-26-19(29)13-5-7-28(8-6-13)18-15(21)10-14(11-25-18)20(22,23)24/h3-4,9-11,13,16H,5-8,12H2,1-2H3,(H,26,29). The molecule has 1 amide bonds. The Morgan fingerprint density at radius 1 is 1.40 bits per heavy atom. The molecule has 1 fully saturated rings. The molecule has 3 rings (SSSR count). The summed E-state index contributed by atoms with van der Waals surface area (Å²) in [5, 5.41) is 2.94. The minimum Gasteiger partial charge on any atom is -0.468 e. The lowest BCUT2D eigenvalue weighted by atomic mass is 9.95. The highest BCUT2D eigenvalue weighted by Gasteiger charge is 2.33. The van der Waals surface area contributed by atoms with Gasteiger partial charge in [0.1, 0.15) is 11.6 Å². The molecule has 30 heavy (non-hydrogen) atoms. The van der Waals surface area contributed by atoms with E-state index < -0.39 is 11.7 Å². The van der Waals surface area contributed by atoms with Crippen LogP contribution in [0.5, 0.6) is 0 Å². The summed E-state index contributed by atoms with van der Waals surface area (Å²) in [6.07, 6.45) is -0.962. The summed E-state index contributed by atoms with van der Waals surface area (Å²) in [4.78, 5) is 20.3. The number of carbonyl (C=O) groups is 1. The number of furan rings is 1.